The Morgan fingerprint density at radius 2 is 2.11 bits per heavy atom. The summed E-state index contributed by atoms with van der Waals surface area (Å²) in [6, 6.07) is 7.98. The van der Waals surface area contributed by atoms with Crippen LogP contribution in [0, 0.1) is 23.1 Å². The minimum Gasteiger partial charge on any atom is -0.297 e. The van der Waals surface area contributed by atoms with Gasteiger partial charge in [-0.25, -0.2) is 4.39 Å². The number of Topliss-reactive ketones (excluding diaryl/α,β-unsaturated/α-hetero) is 1. The molecule has 1 saturated carbocycles. The predicted octanol–water partition coefficient (Wildman–Crippen LogP) is 4.04. The molecule has 0 spiro atoms. The molecule has 0 amide bonds. The van der Waals surface area contributed by atoms with E-state index in [9.17, 15) is 14.0 Å². The number of thioether (sulfide) groups is 1. The second-order valence-electron chi connectivity index (χ2n) is 7.10. The number of rotatable bonds is 6. The molecule has 1 heterocycles. The molecular weight excluding hydrogens is 363 g/mol. The van der Waals surface area contributed by atoms with Crippen molar-refractivity contribution in [2.24, 2.45) is 5.92 Å². The van der Waals surface area contributed by atoms with Crippen molar-refractivity contribution < 1.29 is 14.0 Å². The van der Waals surface area contributed by atoms with E-state index in [4.69, 9.17) is 5.26 Å². The van der Waals surface area contributed by atoms with Crippen molar-refractivity contribution >= 4 is 22.7 Å². The number of nitriles is 1. The normalized spacial score (nSPS) is 23.0. The summed E-state index contributed by atoms with van der Waals surface area (Å²) in [4.78, 5) is 26.6. The lowest BCUT2D eigenvalue weighted by atomic mass is 9.93. The van der Waals surface area contributed by atoms with E-state index in [0.717, 1.165) is 18.4 Å². The first-order chi connectivity index (χ1) is 13.0. The van der Waals surface area contributed by atoms with Gasteiger partial charge in [0.05, 0.1) is 18.5 Å². The zero-order valence-electron chi connectivity index (χ0n) is 15.4. The number of halogens is 1. The summed E-state index contributed by atoms with van der Waals surface area (Å²) in [5, 5.41) is 8.99. The second kappa shape index (κ2) is 8.81. The van der Waals surface area contributed by atoms with Crippen LogP contribution < -0.4 is 0 Å². The van der Waals surface area contributed by atoms with Gasteiger partial charge in [0.1, 0.15) is 5.82 Å². The van der Waals surface area contributed by atoms with Crippen molar-refractivity contribution in [1.82, 2.24) is 4.90 Å². The lowest BCUT2D eigenvalue weighted by Crippen LogP contribution is -2.43. The molecule has 2 aliphatic rings. The van der Waals surface area contributed by atoms with Crippen LogP contribution in [0.3, 0.4) is 0 Å². The first-order valence-corrected chi connectivity index (χ1v) is 10.1. The van der Waals surface area contributed by atoms with Gasteiger partial charge in [0, 0.05) is 36.7 Å². The van der Waals surface area contributed by atoms with E-state index in [1.54, 1.807) is 18.2 Å². The van der Waals surface area contributed by atoms with E-state index in [-0.39, 0.29) is 34.3 Å². The molecule has 2 unspecified atom stereocenters. The summed E-state index contributed by atoms with van der Waals surface area (Å²) in [7, 11) is 0. The van der Waals surface area contributed by atoms with Crippen molar-refractivity contribution in [3.8, 4) is 6.07 Å². The van der Waals surface area contributed by atoms with Gasteiger partial charge in [-0.05, 0) is 30.9 Å². The Balaban J connectivity index is 1.89. The van der Waals surface area contributed by atoms with E-state index < -0.39 is 6.04 Å². The Morgan fingerprint density at radius 1 is 1.37 bits per heavy atom. The van der Waals surface area contributed by atoms with Crippen LogP contribution in [-0.2, 0) is 9.59 Å². The number of nitrogens with zero attached hydrogens (tertiary/aromatic N) is 2. The highest BCUT2D eigenvalue weighted by molar-refractivity contribution is 8.14. The van der Waals surface area contributed by atoms with Gasteiger partial charge in [0.25, 0.3) is 0 Å². The van der Waals surface area contributed by atoms with Gasteiger partial charge in [-0.2, -0.15) is 5.26 Å². The molecule has 0 bridgehead atoms. The topological polar surface area (TPSA) is 61.2 Å². The summed E-state index contributed by atoms with van der Waals surface area (Å²) in [5.74, 6) is -0.262. The Bertz CT molecular complexity index is 798. The van der Waals surface area contributed by atoms with E-state index in [0.29, 0.717) is 25.1 Å². The van der Waals surface area contributed by atoms with Gasteiger partial charge in [-0.3, -0.25) is 14.5 Å². The molecule has 1 aromatic rings. The van der Waals surface area contributed by atoms with Gasteiger partial charge in [-0.15, -0.1) is 0 Å². The lowest BCUT2D eigenvalue weighted by Gasteiger charge is -2.38. The highest BCUT2D eigenvalue weighted by Gasteiger charge is 2.41. The number of carbonyl (C=O) groups is 2. The number of piperidine rings is 1. The third kappa shape index (κ3) is 4.85. The van der Waals surface area contributed by atoms with Gasteiger partial charge < -0.3 is 0 Å². The zero-order valence-corrected chi connectivity index (χ0v) is 16.2. The molecule has 27 heavy (non-hydrogen) atoms. The van der Waals surface area contributed by atoms with E-state index in [1.165, 1.54) is 24.8 Å². The molecule has 2 atom stereocenters. The van der Waals surface area contributed by atoms with Crippen molar-refractivity contribution in [2.45, 2.75) is 43.9 Å². The van der Waals surface area contributed by atoms with Crippen LogP contribution in [0.25, 0.3) is 0 Å². The van der Waals surface area contributed by atoms with Crippen molar-refractivity contribution in [3.63, 3.8) is 0 Å². The minimum absolute atomic E-state index is 0.0180. The van der Waals surface area contributed by atoms with E-state index in [1.807, 2.05) is 11.0 Å². The number of allylic oxidation sites excluding steroid dienone is 1. The smallest absolute Gasteiger partial charge is 0.186 e. The third-order valence-electron chi connectivity index (χ3n) is 5.06. The van der Waals surface area contributed by atoms with Crippen molar-refractivity contribution in [2.75, 3.05) is 13.1 Å². The number of likely N-dealkylation sites (tertiary alicyclic amines) is 1. The highest BCUT2D eigenvalue weighted by atomic mass is 32.2. The molecule has 4 nitrogen and oxygen atoms in total. The Hall–Kier alpha value is -1.97. The van der Waals surface area contributed by atoms with Crippen LogP contribution in [0.2, 0.25) is 0 Å². The van der Waals surface area contributed by atoms with E-state index in [2.05, 4.69) is 6.07 Å². The molecule has 1 aliphatic carbocycles. The average Bonchev–Trinajstić information content (AvgIpc) is 3.48. The quantitative estimate of drug-likeness (QED) is 0.691. The number of hydrogen-bond donors (Lipinski definition) is 0. The monoisotopic (exact) mass is 386 g/mol. The Labute approximate surface area is 163 Å². The van der Waals surface area contributed by atoms with Crippen LogP contribution in [0.5, 0.6) is 0 Å². The molecule has 1 aliphatic heterocycles. The molecule has 1 aromatic carbocycles. The first-order valence-electron chi connectivity index (χ1n) is 9.26. The molecule has 2 fully saturated rings. The molecule has 0 N–H and O–H groups in total. The fraction of sp³-hybridized carbons (Fsp3) is 0.476. The molecular formula is C21H23FN2O2S. The van der Waals surface area contributed by atoms with Crippen LogP contribution >= 0.6 is 11.8 Å². The average molecular weight is 386 g/mol. The molecule has 142 valence electrons. The predicted molar refractivity (Wildman–Crippen MR) is 103 cm³/mol. The fourth-order valence-corrected chi connectivity index (χ4v) is 4.58. The minimum atomic E-state index is -0.604. The SMILES string of the molecule is CC(=O)SC1CCN(C(C(=O)C2CC2)c2ccccc2F)C/C1=C/CC#N. The first kappa shape index (κ1) is 19.8. The number of carbonyl (C=O) groups excluding carboxylic acids is 2. The summed E-state index contributed by atoms with van der Waals surface area (Å²) < 4.78 is 14.5. The van der Waals surface area contributed by atoms with Crippen LogP contribution in [0.1, 0.15) is 44.2 Å². The number of ketones is 1. The fourth-order valence-electron chi connectivity index (χ4n) is 3.63. The number of hydrogen-bond acceptors (Lipinski definition) is 5. The lowest BCUT2D eigenvalue weighted by molar-refractivity contribution is -0.126. The summed E-state index contributed by atoms with van der Waals surface area (Å²) >= 11 is 1.27. The van der Waals surface area contributed by atoms with Crippen molar-refractivity contribution in [3.05, 3.63) is 47.3 Å². The van der Waals surface area contributed by atoms with Crippen LogP contribution in [-0.4, -0.2) is 34.1 Å². The second-order valence-corrected chi connectivity index (χ2v) is 8.48. The van der Waals surface area contributed by atoms with Gasteiger partial charge in [0.2, 0.25) is 0 Å². The maximum absolute atomic E-state index is 14.5. The Kier molecular flexibility index (Phi) is 6.46. The molecule has 0 aromatic heterocycles. The number of benzene rings is 1. The zero-order chi connectivity index (χ0) is 19.4. The molecule has 3 rings (SSSR count). The maximum Gasteiger partial charge on any atom is 0.186 e. The molecule has 1 saturated heterocycles. The Morgan fingerprint density at radius 3 is 2.74 bits per heavy atom. The highest BCUT2D eigenvalue weighted by Crippen LogP contribution is 2.40. The van der Waals surface area contributed by atoms with Gasteiger partial charge in [0.15, 0.2) is 10.9 Å². The van der Waals surface area contributed by atoms with Gasteiger partial charge in [-0.1, -0.05) is 36.0 Å². The molecule has 6 heteroatoms. The maximum atomic E-state index is 14.5. The van der Waals surface area contributed by atoms with Gasteiger partial charge >= 0.3 is 0 Å². The summed E-state index contributed by atoms with van der Waals surface area (Å²) in [6.45, 7) is 2.63. The standard InChI is InChI=1S/C21H23FN2O2S/c1-14(25)27-19-10-12-24(13-16(19)5-4-11-23)20(21(26)15-8-9-15)17-6-2-3-7-18(17)22/h2-3,5-7,15,19-20H,4,8-10,12-13H2,1H3/b16-5-. The van der Waals surface area contributed by atoms with E-state index >= 15 is 0 Å². The van der Waals surface area contributed by atoms with Crippen LogP contribution in [0.4, 0.5) is 4.39 Å². The molecule has 0 radical (unpaired) electrons. The summed E-state index contributed by atoms with van der Waals surface area (Å²) in [5.41, 5.74) is 1.40. The summed E-state index contributed by atoms with van der Waals surface area (Å²) in [6.07, 6.45) is 4.56. The largest absolute Gasteiger partial charge is 0.297 e. The van der Waals surface area contributed by atoms with Crippen LogP contribution in [0.15, 0.2) is 35.9 Å². The van der Waals surface area contributed by atoms with Crippen molar-refractivity contribution in [1.29, 1.82) is 5.26 Å². The third-order valence-corrected chi connectivity index (χ3v) is 6.21.